The van der Waals surface area contributed by atoms with Crippen molar-refractivity contribution in [3.8, 4) is 0 Å². The molecular weight excluding hydrogens is 289 g/mol. The third kappa shape index (κ3) is 3.44. The van der Waals surface area contributed by atoms with Gasteiger partial charge in [0.05, 0.1) is 11.6 Å². The van der Waals surface area contributed by atoms with Gasteiger partial charge in [0.1, 0.15) is 5.82 Å². The number of rotatable bonds is 4. The Morgan fingerprint density at radius 1 is 1.13 bits per heavy atom. The second kappa shape index (κ2) is 6.95. The van der Waals surface area contributed by atoms with Gasteiger partial charge in [0.25, 0.3) is 5.91 Å². The summed E-state index contributed by atoms with van der Waals surface area (Å²) in [5, 5.41) is 2.97. The Balaban J connectivity index is 1.80. The number of amides is 1. The molecule has 0 fully saturated rings. The molecule has 0 aliphatic heterocycles. The lowest BCUT2D eigenvalue weighted by Gasteiger charge is -2.22. The first-order valence-corrected chi connectivity index (χ1v) is 8.36. The van der Waals surface area contributed by atoms with Gasteiger partial charge in [0, 0.05) is 0 Å². The van der Waals surface area contributed by atoms with Crippen molar-refractivity contribution in [3.05, 3.63) is 70.5 Å². The second-order valence-electron chi connectivity index (χ2n) is 6.15. The highest BCUT2D eigenvalue weighted by molar-refractivity contribution is 5.94. The maximum atomic E-state index is 13.8. The molecule has 2 nitrogen and oxygen atoms in total. The number of nitrogens with one attached hydrogen (secondary N) is 1. The number of carbonyl (C=O) groups is 1. The van der Waals surface area contributed by atoms with Gasteiger partial charge in [0.15, 0.2) is 0 Å². The first kappa shape index (κ1) is 15.7. The van der Waals surface area contributed by atoms with Crippen molar-refractivity contribution in [1.29, 1.82) is 0 Å². The fourth-order valence-corrected chi connectivity index (χ4v) is 3.27. The van der Waals surface area contributed by atoms with Crippen LogP contribution in [0.2, 0.25) is 0 Å². The molecule has 120 valence electrons. The van der Waals surface area contributed by atoms with E-state index in [1.54, 1.807) is 12.1 Å². The summed E-state index contributed by atoms with van der Waals surface area (Å²) in [6, 6.07) is 12.5. The lowest BCUT2D eigenvalue weighted by atomic mass is 9.88. The van der Waals surface area contributed by atoms with Gasteiger partial charge in [-0.2, -0.15) is 0 Å². The molecular formula is C20H22FNO. The molecule has 0 spiro atoms. The highest BCUT2D eigenvalue weighted by Crippen LogP contribution is 2.26. The molecule has 0 unspecified atom stereocenters. The average molecular weight is 311 g/mol. The molecule has 0 radical (unpaired) electrons. The fraction of sp³-hybridized carbons (Fsp3) is 0.350. The standard InChI is InChI=1S/C20H22FNO/c1-2-19(22-20(23)17-9-5-6-10-18(17)21)16-12-11-14-7-3-4-8-15(14)13-16/h5-6,9-13,19H,2-4,7-8H2,1H3,(H,22,23)/t19-/m1/s1. The van der Waals surface area contributed by atoms with E-state index >= 15 is 0 Å². The lowest BCUT2D eigenvalue weighted by molar-refractivity contribution is 0.0931. The first-order valence-electron chi connectivity index (χ1n) is 8.36. The van der Waals surface area contributed by atoms with Crippen molar-refractivity contribution >= 4 is 5.91 Å². The largest absolute Gasteiger partial charge is 0.345 e. The van der Waals surface area contributed by atoms with E-state index in [0.717, 1.165) is 24.8 Å². The molecule has 0 saturated heterocycles. The summed E-state index contributed by atoms with van der Waals surface area (Å²) in [5.41, 5.74) is 4.03. The van der Waals surface area contributed by atoms with Crippen molar-refractivity contribution in [2.24, 2.45) is 0 Å². The summed E-state index contributed by atoms with van der Waals surface area (Å²) in [5.74, 6) is -0.835. The highest BCUT2D eigenvalue weighted by atomic mass is 19.1. The molecule has 23 heavy (non-hydrogen) atoms. The number of benzene rings is 2. The van der Waals surface area contributed by atoms with Gasteiger partial charge in [0.2, 0.25) is 0 Å². The van der Waals surface area contributed by atoms with Crippen LogP contribution in [0.4, 0.5) is 4.39 Å². The summed E-state index contributed by atoms with van der Waals surface area (Å²) in [6.45, 7) is 2.03. The molecule has 0 bridgehead atoms. The number of aryl methyl sites for hydroxylation is 2. The second-order valence-corrected chi connectivity index (χ2v) is 6.15. The number of hydrogen-bond donors (Lipinski definition) is 1. The SMILES string of the molecule is CC[C@@H](NC(=O)c1ccccc1F)c1ccc2c(c1)CCCC2. The van der Waals surface area contributed by atoms with E-state index in [-0.39, 0.29) is 17.5 Å². The number of hydrogen-bond acceptors (Lipinski definition) is 1. The quantitative estimate of drug-likeness (QED) is 0.879. The van der Waals surface area contributed by atoms with Crippen LogP contribution in [-0.2, 0) is 12.8 Å². The molecule has 1 aliphatic rings. The Kier molecular flexibility index (Phi) is 4.75. The summed E-state index contributed by atoms with van der Waals surface area (Å²) < 4.78 is 13.8. The van der Waals surface area contributed by atoms with Crippen molar-refractivity contribution in [2.75, 3.05) is 0 Å². The fourth-order valence-electron chi connectivity index (χ4n) is 3.27. The normalized spacial score (nSPS) is 14.9. The van der Waals surface area contributed by atoms with E-state index in [2.05, 4.69) is 23.5 Å². The van der Waals surface area contributed by atoms with E-state index < -0.39 is 5.82 Å². The highest BCUT2D eigenvalue weighted by Gasteiger charge is 2.18. The Morgan fingerprint density at radius 3 is 2.61 bits per heavy atom. The summed E-state index contributed by atoms with van der Waals surface area (Å²) in [7, 11) is 0. The Hall–Kier alpha value is -2.16. The van der Waals surface area contributed by atoms with Crippen LogP contribution in [0.5, 0.6) is 0 Å². The summed E-state index contributed by atoms with van der Waals surface area (Å²) in [4.78, 5) is 12.3. The average Bonchev–Trinajstić information content (AvgIpc) is 2.59. The van der Waals surface area contributed by atoms with Crippen molar-refractivity contribution in [1.82, 2.24) is 5.32 Å². The van der Waals surface area contributed by atoms with Gasteiger partial charge < -0.3 is 5.32 Å². The summed E-state index contributed by atoms with van der Waals surface area (Å²) >= 11 is 0. The van der Waals surface area contributed by atoms with E-state index in [4.69, 9.17) is 0 Å². The molecule has 0 aromatic heterocycles. The minimum Gasteiger partial charge on any atom is -0.345 e. The van der Waals surface area contributed by atoms with E-state index in [0.29, 0.717) is 0 Å². The zero-order valence-corrected chi connectivity index (χ0v) is 13.4. The Morgan fingerprint density at radius 2 is 1.87 bits per heavy atom. The molecule has 3 heteroatoms. The van der Waals surface area contributed by atoms with E-state index in [1.807, 2.05) is 6.92 Å². The molecule has 0 heterocycles. The number of carbonyl (C=O) groups excluding carboxylic acids is 1. The van der Waals surface area contributed by atoms with Gasteiger partial charge in [-0.1, -0.05) is 37.3 Å². The Bertz CT molecular complexity index is 711. The van der Waals surface area contributed by atoms with Gasteiger partial charge in [-0.25, -0.2) is 4.39 Å². The van der Waals surface area contributed by atoms with Gasteiger partial charge >= 0.3 is 0 Å². The van der Waals surface area contributed by atoms with Crippen LogP contribution in [0, 0.1) is 5.82 Å². The number of halogens is 1. The van der Waals surface area contributed by atoms with Crippen LogP contribution in [-0.4, -0.2) is 5.91 Å². The van der Waals surface area contributed by atoms with E-state index in [1.165, 1.54) is 36.1 Å². The predicted molar refractivity (Wildman–Crippen MR) is 90.0 cm³/mol. The van der Waals surface area contributed by atoms with Crippen molar-refractivity contribution in [3.63, 3.8) is 0 Å². The maximum Gasteiger partial charge on any atom is 0.254 e. The zero-order chi connectivity index (χ0) is 16.2. The predicted octanol–water partition coefficient (Wildman–Crippen LogP) is 4.59. The van der Waals surface area contributed by atoms with Crippen LogP contribution in [0.1, 0.15) is 59.3 Å². The van der Waals surface area contributed by atoms with Gasteiger partial charge in [-0.3, -0.25) is 4.79 Å². The molecule has 1 atom stereocenters. The smallest absolute Gasteiger partial charge is 0.254 e. The molecule has 0 saturated carbocycles. The molecule has 2 aromatic rings. The Labute approximate surface area is 136 Å². The minimum atomic E-state index is -0.481. The van der Waals surface area contributed by atoms with Crippen LogP contribution in [0.25, 0.3) is 0 Å². The topological polar surface area (TPSA) is 29.1 Å². The molecule has 2 aromatic carbocycles. The number of fused-ring (bicyclic) bond motifs is 1. The van der Waals surface area contributed by atoms with Crippen LogP contribution >= 0.6 is 0 Å². The molecule has 3 rings (SSSR count). The zero-order valence-electron chi connectivity index (χ0n) is 13.4. The maximum absolute atomic E-state index is 13.8. The van der Waals surface area contributed by atoms with Crippen LogP contribution in [0.15, 0.2) is 42.5 Å². The van der Waals surface area contributed by atoms with Crippen LogP contribution in [0.3, 0.4) is 0 Å². The molecule has 1 N–H and O–H groups in total. The monoisotopic (exact) mass is 311 g/mol. The van der Waals surface area contributed by atoms with Crippen molar-refractivity contribution < 1.29 is 9.18 Å². The minimum absolute atomic E-state index is 0.0886. The first-order chi connectivity index (χ1) is 11.2. The van der Waals surface area contributed by atoms with Gasteiger partial charge in [-0.15, -0.1) is 0 Å². The molecule has 1 aliphatic carbocycles. The third-order valence-corrected chi connectivity index (χ3v) is 4.61. The summed E-state index contributed by atoms with van der Waals surface area (Å²) in [6.07, 6.45) is 5.52. The molecule has 1 amide bonds. The van der Waals surface area contributed by atoms with Crippen molar-refractivity contribution in [2.45, 2.75) is 45.1 Å². The third-order valence-electron chi connectivity index (χ3n) is 4.61. The van der Waals surface area contributed by atoms with E-state index in [9.17, 15) is 9.18 Å². The van der Waals surface area contributed by atoms with Crippen LogP contribution < -0.4 is 5.32 Å². The van der Waals surface area contributed by atoms with Gasteiger partial charge in [-0.05, 0) is 60.9 Å². The lowest BCUT2D eigenvalue weighted by Crippen LogP contribution is -2.29.